The summed E-state index contributed by atoms with van der Waals surface area (Å²) in [5.74, 6) is 0. The molecule has 16 heavy (non-hydrogen) atoms. The monoisotopic (exact) mass is 276 g/mol. The van der Waals surface area contributed by atoms with E-state index in [0.717, 1.165) is 15.7 Å². The Morgan fingerprint density at radius 2 is 1.75 bits per heavy atom. The molecule has 1 atom stereocenters. The third kappa shape index (κ3) is 2.15. The molecule has 0 aliphatic rings. The van der Waals surface area contributed by atoms with Gasteiger partial charge in [0.1, 0.15) is 4.60 Å². The topological polar surface area (TPSA) is 38.9 Å². The van der Waals surface area contributed by atoms with Gasteiger partial charge in [-0.25, -0.2) is 4.98 Å². The molecule has 0 saturated heterocycles. The molecule has 1 aromatic heterocycles. The summed E-state index contributed by atoms with van der Waals surface area (Å²) in [7, 11) is 0. The summed E-state index contributed by atoms with van der Waals surface area (Å²) in [6.45, 7) is 1.99. The van der Waals surface area contributed by atoms with E-state index in [4.69, 9.17) is 5.73 Å². The minimum atomic E-state index is -0.505. The molecule has 1 aromatic carbocycles. The van der Waals surface area contributed by atoms with Crippen LogP contribution in [0.4, 0.5) is 0 Å². The summed E-state index contributed by atoms with van der Waals surface area (Å²) in [5, 5.41) is 0. The SMILES string of the molecule is CC(N)(c1ccccc1)c1ccc(Br)nc1. The minimum absolute atomic E-state index is 0.505. The molecule has 0 aliphatic carbocycles. The van der Waals surface area contributed by atoms with E-state index in [1.165, 1.54) is 0 Å². The molecule has 82 valence electrons. The Morgan fingerprint density at radius 1 is 1.06 bits per heavy atom. The number of nitrogens with zero attached hydrogens (tertiary/aromatic N) is 1. The van der Waals surface area contributed by atoms with Crippen LogP contribution in [0.25, 0.3) is 0 Å². The molecule has 0 aliphatic heterocycles. The minimum Gasteiger partial charge on any atom is -0.318 e. The van der Waals surface area contributed by atoms with E-state index >= 15 is 0 Å². The molecule has 0 amide bonds. The van der Waals surface area contributed by atoms with E-state index < -0.39 is 5.54 Å². The van der Waals surface area contributed by atoms with Crippen molar-refractivity contribution in [2.45, 2.75) is 12.5 Å². The van der Waals surface area contributed by atoms with E-state index in [2.05, 4.69) is 20.9 Å². The second-order valence-electron chi connectivity index (χ2n) is 3.94. The van der Waals surface area contributed by atoms with Crippen molar-refractivity contribution in [2.75, 3.05) is 0 Å². The molecular weight excluding hydrogens is 264 g/mol. The quantitative estimate of drug-likeness (QED) is 0.857. The second kappa shape index (κ2) is 4.36. The standard InChI is InChI=1S/C13H13BrN2/c1-13(15,10-5-3-2-4-6-10)11-7-8-12(14)16-9-11/h2-9H,15H2,1H3. The first kappa shape index (κ1) is 11.3. The molecule has 2 N–H and O–H groups in total. The van der Waals surface area contributed by atoms with Crippen LogP contribution in [0.15, 0.2) is 53.3 Å². The number of aromatic nitrogens is 1. The normalized spacial score (nSPS) is 14.4. The number of halogens is 1. The zero-order valence-corrected chi connectivity index (χ0v) is 10.6. The smallest absolute Gasteiger partial charge is 0.106 e. The van der Waals surface area contributed by atoms with Crippen molar-refractivity contribution in [3.05, 3.63) is 64.4 Å². The van der Waals surface area contributed by atoms with Crippen LogP contribution in [-0.4, -0.2) is 4.98 Å². The predicted octanol–water partition coefficient (Wildman–Crippen LogP) is 3.07. The van der Waals surface area contributed by atoms with Gasteiger partial charge in [0.2, 0.25) is 0 Å². The number of hydrogen-bond donors (Lipinski definition) is 1. The van der Waals surface area contributed by atoms with Crippen molar-refractivity contribution in [3.8, 4) is 0 Å². The first-order valence-corrected chi connectivity index (χ1v) is 5.86. The van der Waals surface area contributed by atoms with Gasteiger partial charge in [0, 0.05) is 6.20 Å². The molecule has 3 heteroatoms. The zero-order valence-electron chi connectivity index (χ0n) is 9.02. The van der Waals surface area contributed by atoms with Crippen molar-refractivity contribution in [3.63, 3.8) is 0 Å². The van der Waals surface area contributed by atoms with Gasteiger partial charge < -0.3 is 5.73 Å². The van der Waals surface area contributed by atoms with Crippen LogP contribution < -0.4 is 5.73 Å². The zero-order chi connectivity index (χ0) is 11.6. The van der Waals surface area contributed by atoms with Gasteiger partial charge in [-0.2, -0.15) is 0 Å². The maximum Gasteiger partial charge on any atom is 0.106 e. The number of rotatable bonds is 2. The first-order valence-electron chi connectivity index (χ1n) is 5.07. The van der Waals surface area contributed by atoms with Crippen molar-refractivity contribution in [2.24, 2.45) is 5.73 Å². The summed E-state index contributed by atoms with van der Waals surface area (Å²) in [6, 6.07) is 13.9. The second-order valence-corrected chi connectivity index (χ2v) is 4.75. The Kier molecular flexibility index (Phi) is 3.08. The molecule has 1 heterocycles. The number of benzene rings is 1. The van der Waals surface area contributed by atoms with Crippen LogP contribution >= 0.6 is 15.9 Å². The fourth-order valence-electron chi connectivity index (χ4n) is 1.63. The van der Waals surface area contributed by atoms with E-state index in [-0.39, 0.29) is 0 Å². The van der Waals surface area contributed by atoms with E-state index in [9.17, 15) is 0 Å². The molecule has 0 bridgehead atoms. The Bertz CT molecular complexity index is 463. The lowest BCUT2D eigenvalue weighted by Crippen LogP contribution is -2.34. The average Bonchev–Trinajstić information content (AvgIpc) is 2.31. The highest BCUT2D eigenvalue weighted by molar-refractivity contribution is 9.10. The van der Waals surface area contributed by atoms with Crippen LogP contribution in [0.2, 0.25) is 0 Å². The van der Waals surface area contributed by atoms with Crippen LogP contribution in [0.1, 0.15) is 18.1 Å². The molecule has 2 rings (SSSR count). The molecule has 2 nitrogen and oxygen atoms in total. The summed E-state index contributed by atoms with van der Waals surface area (Å²) in [6.07, 6.45) is 1.80. The lowest BCUT2D eigenvalue weighted by atomic mass is 9.87. The van der Waals surface area contributed by atoms with Gasteiger partial charge >= 0.3 is 0 Å². The molecule has 0 radical (unpaired) electrons. The maximum atomic E-state index is 6.35. The number of hydrogen-bond acceptors (Lipinski definition) is 2. The van der Waals surface area contributed by atoms with Gasteiger partial charge in [0.05, 0.1) is 5.54 Å². The summed E-state index contributed by atoms with van der Waals surface area (Å²) < 4.78 is 0.820. The molecule has 0 spiro atoms. The molecule has 0 fully saturated rings. The lowest BCUT2D eigenvalue weighted by Gasteiger charge is -2.25. The van der Waals surface area contributed by atoms with Crippen molar-refractivity contribution < 1.29 is 0 Å². The van der Waals surface area contributed by atoms with Crippen molar-refractivity contribution in [1.29, 1.82) is 0 Å². The third-order valence-corrected chi connectivity index (χ3v) is 3.17. The first-order chi connectivity index (χ1) is 7.60. The highest BCUT2D eigenvalue weighted by atomic mass is 79.9. The maximum absolute atomic E-state index is 6.35. The fraction of sp³-hybridized carbons (Fsp3) is 0.154. The summed E-state index contributed by atoms with van der Waals surface area (Å²) in [5.41, 5.74) is 7.93. The van der Waals surface area contributed by atoms with Crippen molar-refractivity contribution in [1.82, 2.24) is 4.98 Å². The average molecular weight is 277 g/mol. The van der Waals surface area contributed by atoms with Gasteiger partial charge in [0.25, 0.3) is 0 Å². The number of pyridine rings is 1. The van der Waals surface area contributed by atoms with Gasteiger partial charge in [-0.05, 0) is 40.0 Å². The van der Waals surface area contributed by atoms with E-state index in [0.29, 0.717) is 0 Å². The molecule has 2 aromatic rings. The largest absolute Gasteiger partial charge is 0.318 e. The molecule has 1 unspecified atom stereocenters. The van der Waals surface area contributed by atoms with Crippen molar-refractivity contribution >= 4 is 15.9 Å². The lowest BCUT2D eigenvalue weighted by molar-refractivity contribution is 0.600. The Hall–Kier alpha value is -1.19. The third-order valence-electron chi connectivity index (χ3n) is 2.70. The summed E-state index contributed by atoms with van der Waals surface area (Å²) in [4.78, 5) is 4.21. The molecule has 0 saturated carbocycles. The predicted molar refractivity (Wildman–Crippen MR) is 69.0 cm³/mol. The Morgan fingerprint density at radius 3 is 2.31 bits per heavy atom. The van der Waals surface area contributed by atoms with Crippen LogP contribution in [0.5, 0.6) is 0 Å². The van der Waals surface area contributed by atoms with Gasteiger partial charge in [-0.15, -0.1) is 0 Å². The van der Waals surface area contributed by atoms with Crippen LogP contribution in [0, 0.1) is 0 Å². The van der Waals surface area contributed by atoms with E-state index in [1.54, 1.807) is 6.20 Å². The van der Waals surface area contributed by atoms with Crippen LogP contribution in [0.3, 0.4) is 0 Å². The number of nitrogens with two attached hydrogens (primary N) is 1. The Balaban J connectivity index is 2.43. The summed E-state index contributed by atoms with van der Waals surface area (Å²) >= 11 is 3.32. The Labute approximate surface area is 104 Å². The van der Waals surface area contributed by atoms with Crippen LogP contribution in [-0.2, 0) is 5.54 Å². The highest BCUT2D eigenvalue weighted by Gasteiger charge is 2.23. The van der Waals surface area contributed by atoms with E-state index in [1.807, 2.05) is 49.4 Å². The highest BCUT2D eigenvalue weighted by Crippen LogP contribution is 2.26. The van der Waals surface area contributed by atoms with Gasteiger partial charge in [-0.3, -0.25) is 0 Å². The molecular formula is C13H13BrN2. The fourth-order valence-corrected chi connectivity index (χ4v) is 1.87. The van der Waals surface area contributed by atoms with Gasteiger partial charge in [-0.1, -0.05) is 36.4 Å². The van der Waals surface area contributed by atoms with Gasteiger partial charge in [0.15, 0.2) is 0 Å².